The summed E-state index contributed by atoms with van der Waals surface area (Å²) < 4.78 is 6.24. The lowest BCUT2D eigenvalue weighted by Gasteiger charge is -1.97. The first-order chi connectivity index (χ1) is 12.6. The lowest BCUT2D eigenvalue weighted by Crippen LogP contribution is -1.90. The standard InChI is InChI=1S/C17H12N4O3S2/c1-24-12-5-6-13-15(8-12)26-17(18-13)20-16-19-14(9-25-16)10-3-2-4-11(7-10)21(22)23/h2-9H,1H3,(H,18,19,20). The second-order valence-corrected chi connectivity index (χ2v) is 7.21. The smallest absolute Gasteiger partial charge is 0.270 e. The van der Waals surface area contributed by atoms with Crippen molar-refractivity contribution in [1.29, 1.82) is 0 Å². The molecule has 0 spiro atoms. The second kappa shape index (κ2) is 6.70. The molecule has 2 heterocycles. The predicted molar refractivity (Wildman–Crippen MR) is 104 cm³/mol. The van der Waals surface area contributed by atoms with Crippen molar-refractivity contribution in [3.05, 3.63) is 58.0 Å². The van der Waals surface area contributed by atoms with Crippen molar-refractivity contribution in [3.63, 3.8) is 0 Å². The normalized spacial score (nSPS) is 10.8. The van der Waals surface area contributed by atoms with E-state index in [2.05, 4.69) is 15.3 Å². The highest BCUT2D eigenvalue weighted by molar-refractivity contribution is 7.22. The Morgan fingerprint density at radius 3 is 2.85 bits per heavy atom. The molecule has 0 atom stereocenters. The Balaban J connectivity index is 1.59. The van der Waals surface area contributed by atoms with Crippen LogP contribution in [0.4, 0.5) is 16.0 Å². The van der Waals surface area contributed by atoms with Crippen LogP contribution < -0.4 is 10.1 Å². The van der Waals surface area contributed by atoms with E-state index >= 15 is 0 Å². The molecule has 0 aliphatic carbocycles. The van der Waals surface area contributed by atoms with Crippen molar-refractivity contribution in [2.75, 3.05) is 12.4 Å². The first-order valence-corrected chi connectivity index (χ1v) is 9.24. The van der Waals surface area contributed by atoms with Gasteiger partial charge in [-0.3, -0.25) is 10.1 Å². The minimum absolute atomic E-state index is 0.0464. The largest absolute Gasteiger partial charge is 0.497 e. The van der Waals surface area contributed by atoms with Crippen molar-refractivity contribution in [3.8, 4) is 17.0 Å². The number of methoxy groups -OCH3 is 1. The lowest BCUT2D eigenvalue weighted by atomic mass is 10.1. The van der Waals surface area contributed by atoms with Gasteiger partial charge in [-0.25, -0.2) is 9.97 Å². The first-order valence-electron chi connectivity index (χ1n) is 7.54. The summed E-state index contributed by atoms with van der Waals surface area (Å²) in [4.78, 5) is 19.5. The zero-order chi connectivity index (χ0) is 18.1. The molecule has 0 fully saturated rings. The number of anilines is 2. The molecule has 9 heteroatoms. The number of benzene rings is 2. The summed E-state index contributed by atoms with van der Waals surface area (Å²) in [6, 6.07) is 12.2. The van der Waals surface area contributed by atoms with Crippen molar-refractivity contribution in [1.82, 2.24) is 9.97 Å². The van der Waals surface area contributed by atoms with Gasteiger partial charge in [0.1, 0.15) is 5.75 Å². The molecule has 26 heavy (non-hydrogen) atoms. The van der Waals surface area contributed by atoms with Crippen LogP contribution in [-0.2, 0) is 0 Å². The van der Waals surface area contributed by atoms with Crippen LogP contribution in [-0.4, -0.2) is 22.0 Å². The molecule has 0 saturated carbocycles. The molecule has 0 unspecified atom stereocenters. The van der Waals surface area contributed by atoms with Gasteiger partial charge in [-0.15, -0.1) is 11.3 Å². The molecular formula is C17H12N4O3S2. The Labute approximate surface area is 156 Å². The fourth-order valence-corrected chi connectivity index (χ4v) is 4.10. The maximum atomic E-state index is 10.9. The third-order valence-electron chi connectivity index (χ3n) is 3.67. The Morgan fingerprint density at radius 1 is 1.15 bits per heavy atom. The van der Waals surface area contributed by atoms with Gasteiger partial charge in [-0.05, 0) is 18.2 Å². The van der Waals surface area contributed by atoms with Gasteiger partial charge in [-0.2, -0.15) is 0 Å². The average Bonchev–Trinajstić information content (AvgIpc) is 3.27. The molecule has 2 aromatic carbocycles. The Morgan fingerprint density at radius 2 is 2.04 bits per heavy atom. The van der Waals surface area contributed by atoms with E-state index in [4.69, 9.17) is 4.74 Å². The van der Waals surface area contributed by atoms with Gasteiger partial charge < -0.3 is 10.1 Å². The van der Waals surface area contributed by atoms with E-state index in [0.717, 1.165) is 21.1 Å². The van der Waals surface area contributed by atoms with Crippen LogP contribution in [0.25, 0.3) is 21.5 Å². The van der Waals surface area contributed by atoms with E-state index in [1.54, 1.807) is 19.2 Å². The number of aromatic nitrogens is 2. The number of nitrogens with zero attached hydrogens (tertiary/aromatic N) is 3. The Bertz CT molecular complexity index is 1110. The Hall–Kier alpha value is -3.04. The van der Waals surface area contributed by atoms with Crippen LogP contribution in [0.3, 0.4) is 0 Å². The zero-order valence-corrected chi connectivity index (χ0v) is 15.1. The summed E-state index contributed by atoms with van der Waals surface area (Å²) >= 11 is 2.93. The van der Waals surface area contributed by atoms with E-state index in [1.807, 2.05) is 23.6 Å². The maximum Gasteiger partial charge on any atom is 0.270 e. The number of nitro groups is 1. The fourth-order valence-electron chi connectivity index (χ4n) is 2.42. The van der Waals surface area contributed by atoms with Crippen molar-refractivity contribution >= 4 is 48.8 Å². The minimum Gasteiger partial charge on any atom is -0.497 e. The monoisotopic (exact) mass is 384 g/mol. The number of hydrogen-bond acceptors (Lipinski definition) is 8. The van der Waals surface area contributed by atoms with Gasteiger partial charge in [0, 0.05) is 23.1 Å². The summed E-state index contributed by atoms with van der Waals surface area (Å²) in [6.07, 6.45) is 0. The quantitative estimate of drug-likeness (QED) is 0.381. The Kier molecular flexibility index (Phi) is 4.23. The highest BCUT2D eigenvalue weighted by Crippen LogP contribution is 2.33. The molecular weight excluding hydrogens is 372 g/mol. The molecule has 1 N–H and O–H groups in total. The number of nitro benzene ring substituents is 1. The summed E-state index contributed by atoms with van der Waals surface area (Å²) in [6.45, 7) is 0. The second-order valence-electron chi connectivity index (χ2n) is 5.32. The van der Waals surface area contributed by atoms with E-state index in [9.17, 15) is 10.1 Å². The molecule has 0 aliphatic heterocycles. The van der Waals surface area contributed by atoms with Crippen molar-refractivity contribution < 1.29 is 9.66 Å². The number of ether oxygens (including phenoxy) is 1. The van der Waals surface area contributed by atoms with Gasteiger partial charge in [0.15, 0.2) is 10.3 Å². The van der Waals surface area contributed by atoms with Gasteiger partial charge in [-0.1, -0.05) is 23.5 Å². The predicted octanol–water partition coefficient (Wildman–Crippen LogP) is 5.08. The number of thiazole rings is 2. The molecule has 0 aliphatic rings. The highest BCUT2D eigenvalue weighted by atomic mass is 32.1. The van der Waals surface area contributed by atoms with Crippen molar-refractivity contribution in [2.45, 2.75) is 0 Å². The molecule has 7 nitrogen and oxygen atoms in total. The third-order valence-corrected chi connectivity index (χ3v) is 5.36. The average molecular weight is 384 g/mol. The van der Waals surface area contributed by atoms with Crippen LogP contribution in [0.1, 0.15) is 0 Å². The number of nitrogens with one attached hydrogen (secondary N) is 1. The summed E-state index contributed by atoms with van der Waals surface area (Å²) in [5, 5.41) is 17.4. The lowest BCUT2D eigenvalue weighted by molar-refractivity contribution is -0.384. The molecule has 0 radical (unpaired) electrons. The molecule has 130 valence electrons. The van der Waals surface area contributed by atoms with E-state index in [-0.39, 0.29) is 5.69 Å². The maximum absolute atomic E-state index is 10.9. The molecule has 0 bridgehead atoms. The first kappa shape index (κ1) is 16.4. The summed E-state index contributed by atoms with van der Waals surface area (Å²) in [5.41, 5.74) is 2.32. The van der Waals surface area contributed by atoms with Gasteiger partial charge in [0.2, 0.25) is 0 Å². The van der Waals surface area contributed by atoms with Crippen molar-refractivity contribution in [2.24, 2.45) is 0 Å². The summed E-state index contributed by atoms with van der Waals surface area (Å²) in [7, 11) is 1.63. The molecule has 4 rings (SSSR count). The van der Waals surface area contributed by atoms with E-state index in [1.165, 1.54) is 34.8 Å². The minimum atomic E-state index is -0.412. The molecule has 4 aromatic rings. The van der Waals surface area contributed by atoms with E-state index in [0.29, 0.717) is 16.4 Å². The third kappa shape index (κ3) is 3.22. The number of rotatable bonds is 5. The number of hydrogen-bond donors (Lipinski definition) is 1. The summed E-state index contributed by atoms with van der Waals surface area (Å²) in [5.74, 6) is 0.787. The number of fused-ring (bicyclic) bond motifs is 1. The van der Waals surface area contributed by atoms with Crippen LogP contribution in [0.2, 0.25) is 0 Å². The fraction of sp³-hybridized carbons (Fsp3) is 0.0588. The van der Waals surface area contributed by atoms with Gasteiger partial charge >= 0.3 is 0 Å². The van der Waals surface area contributed by atoms with Gasteiger partial charge in [0.25, 0.3) is 5.69 Å². The van der Waals surface area contributed by atoms with Crippen LogP contribution in [0, 0.1) is 10.1 Å². The molecule has 0 amide bonds. The van der Waals surface area contributed by atoms with E-state index < -0.39 is 4.92 Å². The number of non-ortho nitro benzene ring substituents is 1. The SMILES string of the molecule is COc1ccc2nc(Nc3nc(-c4cccc([N+](=O)[O-])c4)cs3)sc2c1. The molecule has 2 aromatic heterocycles. The highest BCUT2D eigenvalue weighted by Gasteiger charge is 2.11. The topological polar surface area (TPSA) is 90.2 Å². The van der Waals surface area contributed by atoms with Gasteiger partial charge in [0.05, 0.1) is 27.9 Å². The molecule has 0 saturated heterocycles. The zero-order valence-electron chi connectivity index (χ0n) is 13.5. The van der Waals surface area contributed by atoms with Crippen LogP contribution >= 0.6 is 22.7 Å². The van der Waals surface area contributed by atoms with Crippen LogP contribution in [0.5, 0.6) is 5.75 Å². The van der Waals surface area contributed by atoms with Crippen LogP contribution in [0.15, 0.2) is 47.8 Å².